The van der Waals surface area contributed by atoms with Crippen molar-refractivity contribution in [2.45, 2.75) is 16.6 Å². The normalized spacial score (nSPS) is 19.6. The molecule has 0 amide bonds. The molecule has 122 valence electrons. The first-order valence-electron chi connectivity index (χ1n) is 5.35. The lowest BCUT2D eigenvalue weighted by molar-refractivity contribution is -0.137. The van der Waals surface area contributed by atoms with E-state index < -0.39 is 37.9 Å². The highest BCUT2D eigenvalue weighted by atomic mass is 79.9. The summed E-state index contributed by atoms with van der Waals surface area (Å²) in [5, 5.41) is -0.215. The minimum atomic E-state index is -4.71. The molecule has 1 aliphatic heterocycles. The average molecular weight is 447 g/mol. The van der Waals surface area contributed by atoms with Crippen LogP contribution in [0.2, 0.25) is 10.0 Å². The molecule has 0 saturated heterocycles. The van der Waals surface area contributed by atoms with E-state index in [1.165, 1.54) is 0 Å². The lowest BCUT2D eigenvalue weighted by Gasteiger charge is -2.28. The second-order valence-corrected chi connectivity index (χ2v) is 7.33. The first-order chi connectivity index (χ1) is 9.93. The minimum absolute atomic E-state index is 0.341. The van der Waals surface area contributed by atoms with Crippen LogP contribution in [0.4, 0.5) is 32.0 Å². The van der Waals surface area contributed by atoms with Gasteiger partial charge in [0.2, 0.25) is 0 Å². The number of alkyl halides is 7. The van der Waals surface area contributed by atoms with Gasteiger partial charge in [0.1, 0.15) is 9.98 Å². The minimum Gasteiger partial charge on any atom is -0.312 e. The third-order valence-electron chi connectivity index (χ3n) is 2.63. The molecule has 1 aromatic carbocycles. The standard InChI is InChI=1S/C11H4BrCl2F6NS/c12-9-21(7(3-22-9)11(18,19)20)8-5(13)1-4(2-6(8)14)10(15,16)17/h1-3,9H. The predicted octanol–water partition coefficient (Wildman–Crippen LogP) is 6.65. The Hall–Kier alpha value is -0.250. The third kappa shape index (κ3) is 3.47. The summed E-state index contributed by atoms with van der Waals surface area (Å²) in [6.45, 7) is 0. The number of hydrogen-bond donors (Lipinski definition) is 0. The maximum absolute atomic E-state index is 13.0. The topological polar surface area (TPSA) is 3.24 Å². The summed E-state index contributed by atoms with van der Waals surface area (Å²) in [4.78, 5) is 0.704. The number of nitrogens with zero attached hydrogens (tertiary/aromatic N) is 1. The Morgan fingerprint density at radius 2 is 1.50 bits per heavy atom. The first-order valence-corrected chi connectivity index (χ1v) is 7.96. The van der Waals surface area contributed by atoms with Crippen LogP contribution in [0.5, 0.6) is 0 Å². The van der Waals surface area contributed by atoms with E-state index >= 15 is 0 Å². The molecule has 1 aromatic rings. The van der Waals surface area contributed by atoms with E-state index in [-0.39, 0.29) is 5.69 Å². The molecule has 2 rings (SSSR count). The maximum Gasteiger partial charge on any atom is 0.432 e. The molecule has 1 heterocycles. The van der Waals surface area contributed by atoms with Crippen LogP contribution in [0.1, 0.15) is 5.56 Å². The molecule has 22 heavy (non-hydrogen) atoms. The van der Waals surface area contributed by atoms with Gasteiger partial charge in [-0.1, -0.05) is 50.9 Å². The van der Waals surface area contributed by atoms with Crippen LogP contribution >= 0.6 is 50.9 Å². The van der Waals surface area contributed by atoms with Gasteiger partial charge in [0, 0.05) is 5.41 Å². The van der Waals surface area contributed by atoms with Crippen LogP contribution in [-0.4, -0.2) is 10.5 Å². The van der Waals surface area contributed by atoms with Gasteiger partial charge < -0.3 is 4.90 Å². The highest BCUT2D eigenvalue weighted by Gasteiger charge is 2.45. The van der Waals surface area contributed by atoms with E-state index in [9.17, 15) is 26.3 Å². The maximum atomic E-state index is 13.0. The molecule has 1 nitrogen and oxygen atoms in total. The van der Waals surface area contributed by atoms with E-state index in [0.717, 1.165) is 17.2 Å². The van der Waals surface area contributed by atoms with Crippen molar-refractivity contribution in [2.24, 2.45) is 0 Å². The summed E-state index contributed by atoms with van der Waals surface area (Å²) in [6.07, 6.45) is -9.41. The molecular formula is C11H4BrCl2F6NS. The molecule has 0 aromatic heterocycles. The summed E-state index contributed by atoms with van der Waals surface area (Å²) >= 11 is 15.3. The van der Waals surface area contributed by atoms with E-state index in [1.54, 1.807) is 0 Å². The van der Waals surface area contributed by atoms with E-state index in [2.05, 4.69) is 15.9 Å². The molecule has 0 bridgehead atoms. The number of benzene rings is 1. The molecule has 1 aliphatic rings. The molecule has 0 N–H and O–H groups in total. The highest BCUT2D eigenvalue weighted by Crippen LogP contribution is 2.50. The fourth-order valence-electron chi connectivity index (χ4n) is 1.73. The van der Waals surface area contributed by atoms with E-state index in [1.807, 2.05) is 0 Å². The van der Waals surface area contributed by atoms with Gasteiger partial charge in [0.05, 0.1) is 21.3 Å². The van der Waals surface area contributed by atoms with Gasteiger partial charge in [0.25, 0.3) is 0 Å². The van der Waals surface area contributed by atoms with Gasteiger partial charge in [-0.25, -0.2) is 0 Å². The number of anilines is 1. The van der Waals surface area contributed by atoms with Crippen LogP contribution in [0.25, 0.3) is 0 Å². The second-order valence-electron chi connectivity index (χ2n) is 4.09. The Morgan fingerprint density at radius 3 is 1.91 bits per heavy atom. The Balaban J connectivity index is 2.55. The quantitative estimate of drug-likeness (QED) is 0.270. The molecule has 0 saturated carbocycles. The Labute approximate surface area is 143 Å². The van der Waals surface area contributed by atoms with Gasteiger partial charge in [-0.3, -0.25) is 0 Å². The summed E-state index contributed by atoms with van der Waals surface area (Å²) in [6, 6.07) is 1.08. The number of thioether (sulfide) groups is 1. The summed E-state index contributed by atoms with van der Waals surface area (Å²) in [5.41, 5.74) is -2.54. The average Bonchev–Trinajstić information content (AvgIpc) is 2.69. The van der Waals surface area contributed by atoms with Gasteiger partial charge in [0.15, 0.2) is 0 Å². The van der Waals surface area contributed by atoms with Gasteiger partial charge in [-0.2, -0.15) is 26.3 Å². The molecule has 0 spiro atoms. The van der Waals surface area contributed by atoms with Crippen molar-refractivity contribution in [1.82, 2.24) is 0 Å². The zero-order valence-corrected chi connectivity index (χ0v) is 14.0. The number of rotatable bonds is 1. The number of hydrogen-bond acceptors (Lipinski definition) is 2. The van der Waals surface area contributed by atoms with Crippen LogP contribution in [0.3, 0.4) is 0 Å². The lowest BCUT2D eigenvalue weighted by Crippen LogP contribution is -2.32. The first kappa shape index (κ1) is 18.1. The fraction of sp³-hybridized carbons (Fsp3) is 0.273. The third-order valence-corrected chi connectivity index (χ3v) is 5.06. The van der Waals surface area contributed by atoms with E-state index in [0.29, 0.717) is 17.0 Å². The van der Waals surface area contributed by atoms with Crippen molar-refractivity contribution in [1.29, 1.82) is 0 Å². The molecule has 11 heteroatoms. The second kappa shape index (κ2) is 5.99. The number of allylic oxidation sites excluding steroid dienone is 1. The van der Waals surface area contributed by atoms with Crippen LogP contribution in [0.15, 0.2) is 23.2 Å². The fourth-order valence-corrected chi connectivity index (χ4v) is 3.98. The zero-order chi connectivity index (χ0) is 16.9. The smallest absolute Gasteiger partial charge is 0.312 e. The van der Waals surface area contributed by atoms with Crippen molar-refractivity contribution in [3.63, 3.8) is 0 Å². The lowest BCUT2D eigenvalue weighted by atomic mass is 10.2. The van der Waals surface area contributed by atoms with Crippen molar-refractivity contribution in [3.05, 3.63) is 38.8 Å². The monoisotopic (exact) mass is 445 g/mol. The summed E-state index contributed by atoms with van der Waals surface area (Å²) in [5.74, 6) is 0. The van der Waals surface area contributed by atoms with Gasteiger partial charge >= 0.3 is 12.4 Å². The Bertz CT molecular complexity index is 607. The van der Waals surface area contributed by atoms with E-state index in [4.69, 9.17) is 23.2 Å². The summed E-state index contributed by atoms with van der Waals surface area (Å²) in [7, 11) is 0. The van der Waals surface area contributed by atoms with Crippen LogP contribution in [0, 0.1) is 0 Å². The predicted molar refractivity (Wildman–Crippen MR) is 78.4 cm³/mol. The Kier molecular flexibility index (Phi) is 4.93. The molecule has 0 radical (unpaired) electrons. The van der Waals surface area contributed by atoms with Crippen molar-refractivity contribution in [3.8, 4) is 0 Å². The van der Waals surface area contributed by atoms with Crippen LogP contribution < -0.4 is 4.90 Å². The van der Waals surface area contributed by atoms with Crippen molar-refractivity contribution >= 4 is 56.6 Å². The SMILES string of the molecule is FC(F)(F)C1=CSC(Br)N1c1c(Cl)cc(C(F)(F)F)cc1Cl. The van der Waals surface area contributed by atoms with Crippen molar-refractivity contribution in [2.75, 3.05) is 4.90 Å². The molecule has 1 atom stereocenters. The molecule has 0 aliphatic carbocycles. The van der Waals surface area contributed by atoms with Crippen molar-refractivity contribution < 1.29 is 26.3 Å². The van der Waals surface area contributed by atoms with Gasteiger partial charge in [-0.05, 0) is 12.1 Å². The Morgan fingerprint density at radius 1 is 1.00 bits per heavy atom. The zero-order valence-electron chi connectivity index (χ0n) is 10.1. The number of halogens is 9. The molecule has 0 fully saturated rings. The molecule has 1 unspecified atom stereocenters. The van der Waals surface area contributed by atoms with Gasteiger partial charge in [-0.15, -0.1) is 0 Å². The largest absolute Gasteiger partial charge is 0.432 e. The summed E-state index contributed by atoms with van der Waals surface area (Å²) < 4.78 is 76.1. The molecular weight excluding hydrogens is 443 g/mol. The van der Waals surface area contributed by atoms with Crippen LogP contribution in [-0.2, 0) is 6.18 Å². The highest BCUT2D eigenvalue weighted by molar-refractivity contribution is 9.11.